The molecule has 144 valence electrons. The molecule has 4 aromatic rings. The van der Waals surface area contributed by atoms with E-state index in [1.54, 1.807) is 18.6 Å². The number of carbonyl (C=O) groups is 1. The van der Waals surface area contributed by atoms with Crippen molar-refractivity contribution in [3.63, 3.8) is 0 Å². The van der Waals surface area contributed by atoms with Crippen LogP contribution in [0.4, 0.5) is 0 Å². The number of benzene rings is 2. The molecule has 2 aromatic heterocycles. The normalized spacial score (nSPS) is 12.0. The fourth-order valence-corrected chi connectivity index (χ4v) is 3.59. The Morgan fingerprint density at radius 3 is 2.48 bits per heavy atom. The average molecular weight is 382 g/mol. The number of primary amides is 1. The van der Waals surface area contributed by atoms with Gasteiger partial charge in [0.25, 0.3) is 0 Å². The molecule has 0 saturated heterocycles. The number of nitrogens with two attached hydrogens (primary N) is 1. The third-order valence-corrected chi connectivity index (χ3v) is 5.06. The number of nitrogens with zero attached hydrogens (tertiary/aromatic N) is 2. The molecule has 0 spiro atoms. The molecule has 3 N–H and O–H groups in total. The highest BCUT2D eigenvalue weighted by molar-refractivity contribution is 5.92. The summed E-state index contributed by atoms with van der Waals surface area (Å²) in [7, 11) is 0. The first-order valence-electron chi connectivity index (χ1n) is 9.53. The van der Waals surface area contributed by atoms with E-state index in [1.165, 1.54) is 0 Å². The van der Waals surface area contributed by atoms with Gasteiger partial charge in [0.15, 0.2) is 0 Å². The first-order valence-corrected chi connectivity index (χ1v) is 9.53. The Kier molecular flexibility index (Phi) is 5.59. The molecule has 0 aliphatic carbocycles. The maximum atomic E-state index is 12.3. The van der Waals surface area contributed by atoms with Crippen LogP contribution in [0.3, 0.4) is 0 Å². The highest BCUT2D eigenvalue weighted by Crippen LogP contribution is 2.25. The fourth-order valence-electron chi connectivity index (χ4n) is 3.59. The quantitative estimate of drug-likeness (QED) is 0.512. The molecule has 2 aromatic carbocycles. The Hall–Kier alpha value is -3.57. The minimum Gasteiger partial charge on any atom is -0.368 e. The molecule has 1 unspecified atom stereocenters. The minimum atomic E-state index is -0.581. The van der Waals surface area contributed by atoms with Gasteiger partial charge in [-0.1, -0.05) is 42.5 Å². The number of amides is 1. The smallest absolute Gasteiger partial charge is 0.239 e. The molecule has 0 fully saturated rings. The van der Waals surface area contributed by atoms with Gasteiger partial charge in [-0.15, -0.1) is 0 Å². The van der Waals surface area contributed by atoms with Crippen LogP contribution in [0.5, 0.6) is 0 Å². The van der Waals surface area contributed by atoms with Crippen molar-refractivity contribution in [3.05, 3.63) is 108 Å². The second-order valence-electron chi connectivity index (χ2n) is 6.96. The second-order valence-corrected chi connectivity index (χ2v) is 6.96. The first kappa shape index (κ1) is 18.8. The molecule has 2 heterocycles. The van der Waals surface area contributed by atoms with E-state index in [0.717, 1.165) is 39.4 Å². The Bertz CT molecular complexity index is 1120. The van der Waals surface area contributed by atoms with Crippen molar-refractivity contribution in [3.8, 4) is 0 Å². The molecule has 5 nitrogen and oxygen atoms in total. The average Bonchev–Trinajstić information content (AvgIpc) is 2.75. The zero-order valence-electron chi connectivity index (χ0n) is 16.0. The van der Waals surface area contributed by atoms with Crippen LogP contribution >= 0.6 is 0 Å². The molecule has 0 aliphatic heterocycles. The van der Waals surface area contributed by atoms with Crippen LogP contribution < -0.4 is 11.1 Å². The third kappa shape index (κ3) is 4.31. The second kappa shape index (κ2) is 8.63. The van der Waals surface area contributed by atoms with E-state index in [0.29, 0.717) is 6.54 Å². The highest BCUT2D eigenvalue weighted by Gasteiger charge is 2.20. The zero-order chi connectivity index (χ0) is 20.1. The van der Waals surface area contributed by atoms with Crippen LogP contribution in [0.1, 0.15) is 28.3 Å². The molecule has 1 amide bonds. The standard InChI is InChI=1S/C24H22N4O/c25-24(29)23(22-7-3-5-18-4-1-2-6-21(18)22)28-16-19-10-13-27-15-20(19)14-17-8-11-26-12-9-17/h1-13,15,23,28H,14,16H2,(H2,25,29). The maximum absolute atomic E-state index is 12.3. The van der Waals surface area contributed by atoms with E-state index in [-0.39, 0.29) is 0 Å². The summed E-state index contributed by atoms with van der Waals surface area (Å²) in [6, 6.07) is 19.3. The number of hydrogen-bond acceptors (Lipinski definition) is 4. The lowest BCUT2D eigenvalue weighted by atomic mass is 9.97. The molecule has 29 heavy (non-hydrogen) atoms. The van der Waals surface area contributed by atoms with Crippen LogP contribution in [0, 0.1) is 0 Å². The fraction of sp³-hybridized carbons (Fsp3) is 0.125. The summed E-state index contributed by atoms with van der Waals surface area (Å²) < 4.78 is 0. The summed E-state index contributed by atoms with van der Waals surface area (Å²) in [4.78, 5) is 20.6. The number of rotatable bonds is 7. The molecule has 1 atom stereocenters. The van der Waals surface area contributed by atoms with Gasteiger partial charge in [-0.25, -0.2) is 0 Å². The van der Waals surface area contributed by atoms with Crippen molar-refractivity contribution >= 4 is 16.7 Å². The van der Waals surface area contributed by atoms with Crippen molar-refractivity contribution in [2.45, 2.75) is 19.0 Å². The van der Waals surface area contributed by atoms with E-state index < -0.39 is 11.9 Å². The molecule has 4 rings (SSSR count). The summed E-state index contributed by atoms with van der Waals surface area (Å²) in [5.74, 6) is -0.397. The molecule has 0 bridgehead atoms. The van der Waals surface area contributed by atoms with E-state index >= 15 is 0 Å². The Balaban J connectivity index is 1.59. The topological polar surface area (TPSA) is 80.9 Å². The van der Waals surface area contributed by atoms with Crippen molar-refractivity contribution in [1.82, 2.24) is 15.3 Å². The van der Waals surface area contributed by atoms with Gasteiger partial charge in [0.1, 0.15) is 6.04 Å². The van der Waals surface area contributed by atoms with Crippen LogP contribution in [0.2, 0.25) is 0 Å². The number of carbonyl (C=O) groups excluding carboxylic acids is 1. The van der Waals surface area contributed by atoms with Crippen molar-refractivity contribution in [2.75, 3.05) is 0 Å². The van der Waals surface area contributed by atoms with Gasteiger partial charge >= 0.3 is 0 Å². The van der Waals surface area contributed by atoms with Gasteiger partial charge in [0.05, 0.1) is 0 Å². The number of aromatic nitrogens is 2. The minimum absolute atomic E-state index is 0.397. The van der Waals surface area contributed by atoms with E-state index in [2.05, 4.69) is 15.3 Å². The lowest BCUT2D eigenvalue weighted by molar-refractivity contribution is -0.120. The number of pyridine rings is 2. The predicted octanol–water partition coefficient (Wildman–Crippen LogP) is 3.54. The molecular formula is C24H22N4O. The molecule has 0 saturated carbocycles. The maximum Gasteiger partial charge on any atom is 0.239 e. The summed E-state index contributed by atoms with van der Waals surface area (Å²) in [6.45, 7) is 0.514. The zero-order valence-corrected chi connectivity index (χ0v) is 16.0. The van der Waals surface area contributed by atoms with Crippen molar-refractivity contribution in [2.24, 2.45) is 5.73 Å². The largest absolute Gasteiger partial charge is 0.368 e. The van der Waals surface area contributed by atoms with E-state index in [4.69, 9.17) is 5.73 Å². The van der Waals surface area contributed by atoms with Crippen LogP contribution in [0.25, 0.3) is 10.8 Å². The number of fused-ring (bicyclic) bond motifs is 1. The third-order valence-electron chi connectivity index (χ3n) is 5.06. The molecule has 0 aliphatic rings. The van der Waals surface area contributed by atoms with Crippen molar-refractivity contribution < 1.29 is 4.79 Å². The SMILES string of the molecule is NC(=O)C(NCc1ccncc1Cc1ccncc1)c1cccc2ccccc12. The molecular weight excluding hydrogens is 360 g/mol. The van der Waals surface area contributed by atoms with Crippen LogP contribution in [0.15, 0.2) is 85.5 Å². The Morgan fingerprint density at radius 2 is 1.66 bits per heavy atom. The van der Waals surface area contributed by atoms with Gasteiger partial charge in [-0.05, 0) is 57.6 Å². The lowest BCUT2D eigenvalue weighted by Crippen LogP contribution is -2.33. The number of nitrogens with one attached hydrogen (secondary N) is 1. The number of hydrogen-bond donors (Lipinski definition) is 2. The predicted molar refractivity (Wildman–Crippen MR) is 114 cm³/mol. The summed E-state index contributed by atoms with van der Waals surface area (Å²) in [6.07, 6.45) is 7.96. The Morgan fingerprint density at radius 1 is 0.897 bits per heavy atom. The molecule has 5 heteroatoms. The monoisotopic (exact) mass is 382 g/mol. The van der Waals surface area contributed by atoms with E-state index in [9.17, 15) is 4.79 Å². The summed E-state index contributed by atoms with van der Waals surface area (Å²) in [5, 5.41) is 5.47. The van der Waals surface area contributed by atoms with Crippen LogP contribution in [-0.4, -0.2) is 15.9 Å². The summed E-state index contributed by atoms with van der Waals surface area (Å²) in [5.41, 5.74) is 10.0. The van der Waals surface area contributed by atoms with Crippen LogP contribution in [-0.2, 0) is 17.8 Å². The first-order chi connectivity index (χ1) is 14.2. The summed E-state index contributed by atoms with van der Waals surface area (Å²) >= 11 is 0. The lowest BCUT2D eigenvalue weighted by Gasteiger charge is -2.19. The van der Waals surface area contributed by atoms with Gasteiger partial charge in [-0.3, -0.25) is 20.1 Å². The van der Waals surface area contributed by atoms with E-state index in [1.807, 2.05) is 66.9 Å². The Labute approximate surface area is 169 Å². The molecule has 0 radical (unpaired) electrons. The highest BCUT2D eigenvalue weighted by atomic mass is 16.1. The van der Waals surface area contributed by atoms with Gasteiger partial charge < -0.3 is 5.73 Å². The van der Waals surface area contributed by atoms with Crippen molar-refractivity contribution in [1.29, 1.82) is 0 Å². The van der Waals surface area contributed by atoms with Gasteiger partial charge in [0.2, 0.25) is 5.91 Å². The van der Waals surface area contributed by atoms with Gasteiger partial charge in [-0.2, -0.15) is 0 Å². The van der Waals surface area contributed by atoms with Gasteiger partial charge in [0, 0.05) is 31.3 Å².